The highest BCUT2D eigenvalue weighted by atomic mass is 32.1. The molecule has 0 fully saturated rings. The summed E-state index contributed by atoms with van der Waals surface area (Å²) in [5.74, 6) is 0.646. The molecule has 1 aromatic heterocycles. The zero-order chi connectivity index (χ0) is 23.2. The predicted octanol–water partition coefficient (Wildman–Crippen LogP) is 5.64. The molecule has 33 heavy (non-hydrogen) atoms. The lowest BCUT2D eigenvalue weighted by Crippen LogP contribution is -2.13. The zero-order valence-electron chi connectivity index (χ0n) is 18.7. The van der Waals surface area contributed by atoms with Gasteiger partial charge in [-0.05, 0) is 73.6 Å². The molecule has 6 nitrogen and oxygen atoms in total. The van der Waals surface area contributed by atoms with E-state index in [9.17, 15) is 10.1 Å². The molecular formula is C26H25N3O3S. The van der Waals surface area contributed by atoms with Crippen molar-refractivity contribution in [2.45, 2.75) is 32.6 Å². The fraction of sp³-hybridized carbons (Fsp3) is 0.269. The average molecular weight is 460 g/mol. The number of hydrogen-bond donors (Lipinski definition) is 1. The van der Waals surface area contributed by atoms with Crippen molar-refractivity contribution in [1.29, 1.82) is 5.26 Å². The monoisotopic (exact) mass is 459 g/mol. The number of carbonyl (C=O) groups is 1. The van der Waals surface area contributed by atoms with Gasteiger partial charge in [0.1, 0.15) is 11.6 Å². The van der Waals surface area contributed by atoms with Gasteiger partial charge in [-0.25, -0.2) is 4.98 Å². The number of anilines is 1. The van der Waals surface area contributed by atoms with Crippen LogP contribution < -0.4 is 14.8 Å². The first kappa shape index (κ1) is 22.6. The molecule has 0 unspecified atom stereocenters. The number of nitriles is 1. The van der Waals surface area contributed by atoms with Crippen LogP contribution in [-0.2, 0) is 17.6 Å². The Hall–Kier alpha value is -3.63. The van der Waals surface area contributed by atoms with E-state index in [0.717, 1.165) is 24.1 Å². The van der Waals surface area contributed by atoms with E-state index in [1.54, 1.807) is 25.3 Å². The Kier molecular flexibility index (Phi) is 7.06. The van der Waals surface area contributed by atoms with Gasteiger partial charge in [0.25, 0.3) is 5.91 Å². The van der Waals surface area contributed by atoms with Crippen LogP contribution in [0.3, 0.4) is 0 Å². The van der Waals surface area contributed by atoms with Gasteiger partial charge in [0, 0.05) is 10.9 Å². The summed E-state index contributed by atoms with van der Waals surface area (Å²) < 4.78 is 10.9. The zero-order valence-corrected chi connectivity index (χ0v) is 19.5. The minimum atomic E-state index is -0.503. The van der Waals surface area contributed by atoms with Gasteiger partial charge in [-0.15, -0.1) is 11.3 Å². The van der Waals surface area contributed by atoms with Crippen molar-refractivity contribution in [2.75, 3.05) is 19.0 Å². The SMILES string of the molecule is CCOc1ccc(/C=C(\C#N)C(=O)Nc2nc(-c3ccc4c(c3)CCCC4)cs2)cc1OC. The second kappa shape index (κ2) is 10.3. The van der Waals surface area contributed by atoms with Crippen molar-refractivity contribution < 1.29 is 14.3 Å². The van der Waals surface area contributed by atoms with Gasteiger partial charge < -0.3 is 9.47 Å². The maximum Gasteiger partial charge on any atom is 0.268 e. The first-order chi connectivity index (χ1) is 16.1. The molecule has 0 radical (unpaired) electrons. The number of thiazole rings is 1. The van der Waals surface area contributed by atoms with Gasteiger partial charge in [-0.2, -0.15) is 5.26 Å². The van der Waals surface area contributed by atoms with E-state index in [0.29, 0.717) is 28.8 Å². The third-order valence-corrected chi connectivity index (χ3v) is 6.29. The molecular weight excluding hydrogens is 434 g/mol. The molecule has 0 spiro atoms. The number of amides is 1. The molecule has 0 saturated carbocycles. The third-order valence-electron chi connectivity index (χ3n) is 5.53. The van der Waals surface area contributed by atoms with Crippen LogP contribution in [0.25, 0.3) is 17.3 Å². The topological polar surface area (TPSA) is 84.2 Å². The molecule has 1 amide bonds. The minimum absolute atomic E-state index is 0.0215. The van der Waals surface area contributed by atoms with Crippen LogP contribution in [0.1, 0.15) is 36.5 Å². The van der Waals surface area contributed by atoms with E-state index in [2.05, 4.69) is 28.5 Å². The van der Waals surface area contributed by atoms with Crippen LogP contribution in [0.4, 0.5) is 5.13 Å². The summed E-state index contributed by atoms with van der Waals surface area (Å²) >= 11 is 1.34. The summed E-state index contributed by atoms with van der Waals surface area (Å²) in [4.78, 5) is 17.3. The second-order valence-electron chi connectivity index (χ2n) is 7.70. The highest BCUT2D eigenvalue weighted by Gasteiger charge is 2.15. The number of ether oxygens (including phenoxy) is 2. The number of nitrogens with one attached hydrogen (secondary N) is 1. The standard InChI is InChI=1S/C26H25N3O3S/c1-3-32-23-11-8-17(13-24(23)31-2)12-21(15-27)25(30)29-26-28-22(16-33-26)20-10-9-18-6-4-5-7-19(18)14-20/h8-14,16H,3-7H2,1-2H3,(H,28,29,30)/b21-12+. The van der Waals surface area contributed by atoms with Crippen LogP contribution in [0.2, 0.25) is 0 Å². The van der Waals surface area contributed by atoms with E-state index in [4.69, 9.17) is 9.47 Å². The smallest absolute Gasteiger partial charge is 0.268 e. The molecule has 0 aliphatic heterocycles. The van der Waals surface area contributed by atoms with Crippen LogP contribution >= 0.6 is 11.3 Å². The van der Waals surface area contributed by atoms with Crippen molar-refractivity contribution in [2.24, 2.45) is 0 Å². The fourth-order valence-electron chi connectivity index (χ4n) is 3.88. The predicted molar refractivity (Wildman–Crippen MR) is 131 cm³/mol. The van der Waals surface area contributed by atoms with E-state index >= 15 is 0 Å². The molecule has 2 aromatic carbocycles. The lowest BCUT2D eigenvalue weighted by Gasteiger charge is -2.16. The Bertz CT molecular complexity index is 1240. The summed E-state index contributed by atoms with van der Waals surface area (Å²) in [6, 6.07) is 13.7. The van der Waals surface area contributed by atoms with E-state index < -0.39 is 5.91 Å². The van der Waals surface area contributed by atoms with Crippen LogP contribution in [0, 0.1) is 11.3 Å². The molecule has 1 aliphatic carbocycles. The highest BCUT2D eigenvalue weighted by Crippen LogP contribution is 2.31. The van der Waals surface area contributed by atoms with Crippen molar-refractivity contribution >= 4 is 28.5 Å². The Morgan fingerprint density at radius 2 is 2.00 bits per heavy atom. The van der Waals surface area contributed by atoms with Crippen LogP contribution in [0.15, 0.2) is 47.4 Å². The van der Waals surface area contributed by atoms with Crippen LogP contribution in [-0.4, -0.2) is 24.6 Å². The van der Waals surface area contributed by atoms with Crippen LogP contribution in [0.5, 0.6) is 11.5 Å². The number of fused-ring (bicyclic) bond motifs is 1. The van der Waals surface area contributed by atoms with Gasteiger partial charge in [0.05, 0.1) is 19.4 Å². The molecule has 1 aliphatic rings. The van der Waals surface area contributed by atoms with Gasteiger partial charge in [0.15, 0.2) is 16.6 Å². The molecule has 168 valence electrons. The van der Waals surface area contributed by atoms with Crippen molar-refractivity contribution in [3.63, 3.8) is 0 Å². The Morgan fingerprint density at radius 1 is 1.18 bits per heavy atom. The number of carbonyl (C=O) groups excluding carboxylic acids is 1. The minimum Gasteiger partial charge on any atom is -0.493 e. The molecule has 0 atom stereocenters. The quantitative estimate of drug-likeness (QED) is 0.365. The number of nitrogens with zero attached hydrogens (tertiary/aromatic N) is 2. The molecule has 4 rings (SSSR count). The Labute approximate surface area is 197 Å². The van der Waals surface area contributed by atoms with Gasteiger partial charge in [0.2, 0.25) is 0 Å². The van der Waals surface area contributed by atoms with Gasteiger partial charge in [-0.1, -0.05) is 18.2 Å². The number of aryl methyl sites for hydroxylation is 2. The first-order valence-electron chi connectivity index (χ1n) is 10.9. The number of aromatic nitrogens is 1. The maximum absolute atomic E-state index is 12.7. The summed E-state index contributed by atoms with van der Waals surface area (Å²) in [7, 11) is 1.55. The normalized spacial score (nSPS) is 13.1. The Morgan fingerprint density at radius 3 is 2.76 bits per heavy atom. The Balaban J connectivity index is 1.50. The molecule has 0 bridgehead atoms. The van der Waals surface area contributed by atoms with E-state index in [1.807, 2.05) is 18.4 Å². The second-order valence-corrected chi connectivity index (χ2v) is 8.55. The highest BCUT2D eigenvalue weighted by molar-refractivity contribution is 7.14. The lowest BCUT2D eigenvalue weighted by atomic mass is 9.90. The maximum atomic E-state index is 12.7. The van der Waals surface area contributed by atoms with E-state index in [1.165, 1.54) is 41.4 Å². The fourth-order valence-corrected chi connectivity index (χ4v) is 4.60. The molecule has 3 aromatic rings. The first-order valence-corrected chi connectivity index (χ1v) is 11.8. The number of benzene rings is 2. The molecule has 1 N–H and O–H groups in total. The summed E-state index contributed by atoms with van der Waals surface area (Å²) in [6.07, 6.45) is 6.22. The molecule has 1 heterocycles. The third kappa shape index (κ3) is 5.24. The molecule has 7 heteroatoms. The van der Waals surface area contributed by atoms with Gasteiger partial charge in [-0.3, -0.25) is 10.1 Å². The largest absolute Gasteiger partial charge is 0.493 e. The van der Waals surface area contributed by atoms with Gasteiger partial charge >= 0.3 is 0 Å². The summed E-state index contributed by atoms with van der Waals surface area (Å²) in [5, 5.41) is 14.7. The van der Waals surface area contributed by atoms with Crippen molar-refractivity contribution in [1.82, 2.24) is 4.98 Å². The number of rotatable bonds is 7. The van der Waals surface area contributed by atoms with Crippen molar-refractivity contribution in [3.05, 3.63) is 64.0 Å². The summed E-state index contributed by atoms with van der Waals surface area (Å²) in [6.45, 7) is 2.40. The van der Waals surface area contributed by atoms with Crippen molar-refractivity contribution in [3.8, 4) is 28.8 Å². The number of methoxy groups -OCH3 is 1. The van der Waals surface area contributed by atoms with E-state index in [-0.39, 0.29) is 5.57 Å². The molecule has 0 saturated heterocycles. The lowest BCUT2D eigenvalue weighted by molar-refractivity contribution is -0.112. The number of hydrogen-bond acceptors (Lipinski definition) is 6. The average Bonchev–Trinajstić information content (AvgIpc) is 3.31. The summed E-state index contributed by atoms with van der Waals surface area (Å²) in [5.41, 5.74) is 5.32.